The van der Waals surface area contributed by atoms with Crippen molar-refractivity contribution in [3.63, 3.8) is 0 Å². The number of carbonyl (C=O) groups is 2. The monoisotopic (exact) mass is 221 g/mol. The Labute approximate surface area is 91.9 Å². The smallest absolute Gasteiger partial charge is 0.335 e. The van der Waals surface area contributed by atoms with Gasteiger partial charge in [0.2, 0.25) is 0 Å². The number of aliphatic carboxylic acids is 1. The van der Waals surface area contributed by atoms with Gasteiger partial charge in [0.15, 0.2) is 5.54 Å². The third-order valence-electron chi connectivity index (χ3n) is 2.98. The van der Waals surface area contributed by atoms with Crippen molar-refractivity contribution in [2.75, 3.05) is 13.6 Å². The fourth-order valence-corrected chi connectivity index (χ4v) is 1.86. The van der Waals surface area contributed by atoms with Gasteiger partial charge in [-0.05, 0) is 24.7 Å². The van der Waals surface area contributed by atoms with Crippen molar-refractivity contribution in [2.45, 2.75) is 5.54 Å². The van der Waals surface area contributed by atoms with E-state index in [0.29, 0.717) is 12.1 Å². The molecule has 0 saturated carbocycles. The first-order chi connectivity index (χ1) is 7.48. The Morgan fingerprint density at radius 3 is 2.06 bits per heavy atom. The van der Waals surface area contributed by atoms with E-state index < -0.39 is 17.5 Å². The van der Waals surface area contributed by atoms with Gasteiger partial charge < -0.3 is 10.2 Å². The van der Waals surface area contributed by atoms with Gasteiger partial charge in [0.05, 0.1) is 5.56 Å². The van der Waals surface area contributed by atoms with Crippen LogP contribution in [0, 0.1) is 0 Å². The van der Waals surface area contributed by atoms with Crippen LogP contribution in [0.15, 0.2) is 24.3 Å². The molecule has 16 heavy (non-hydrogen) atoms. The highest BCUT2D eigenvalue weighted by atomic mass is 16.4. The second-order valence-electron chi connectivity index (χ2n) is 3.90. The maximum Gasteiger partial charge on any atom is 0.335 e. The zero-order valence-electron chi connectivity index (χ0n) is 8.67. The van der Waals surface area contributed by atoms with Crippen LogP contribution in [0.5, 0.6) is 0 Å². The summed E-state index contributed by atoms with van der Waals surface area (Å²) in [5.74, 6) is -1.92. The van der Waals surface area contributed by atoms with Crippen LogP contribution in [0.3, 0.4) is 0 Å². The lowest BCUT2D eigenvalue weighted by molar-refractivity contribution is -0.141. The summed E-state index contributed by atoms with van der Waals surface area (Å²) in [7, 11) is 1.72. The topological polar surface area (TPSA) is 77.6 Å². The van der Waals surface area contributed by atoms with Gasteiger partial charge in [0.1, 0.15) is 0 Å². The van der Waals surface area contributed by atoms with Gasteiger partial charge in [-0.25, -0.2) is 9.59 Å². The minimum absolute atomic E-state index is 0.160. The molecule has 0 aliphatic carbocycles. The van der Waals surface area contributed by atoms with Gasteiger partial charge in [-0.15, -0.1) is 0 Å². The number of carboxylic acids is 2. The fraction of sp³-hybridized carbons (Fsp3) is 0.273. The van der Waals surface area contributed by atoms with Crippen molar-refractivity contribution >= 4 is 11.9 Å². The van der Waals surface area contributed by atoms with Crippen LogP contribution in [0.25, 0.3) is 0 Å². The molecule has 2 rings (SSSR count). The highest BCUT2D eigenvalue weighted by molar-refractivity contribution is 5.89. The summed E-state index contributed by atoms with van der Waals surface area (Å²) >= 11 is 0. The van der Waals surface area contributed by atoms with E-state index in [-0.39, 0.29) is 5.56 Å². The molecule has 0 bridgehead atoms. The fourth-order valence-electron chi connectivity index (χ4n) is 1.86. The van der Waals surface area contributed by atoms with Crippen LogP contribution in [0.2, 0.25) is 0 Å². The Morgan fingerprint density at radius 1 is 1.25 bits per heavy atom. The first-order valence-electron chi connectivity index (χ1n) is 4.77. The third-order valence-corrected chi connectivity index (χ3v) is 2.98. The highest BCUT2D eigenvalue weighted by Gasteiger charge is 2.57. The Morgan fingerprint density at radius 2 is 1.75 bits per heavy atom. The third kappa shape index (κ3) is 1.37. The molecule has 84 valence electrons. The first kappa shape index (κ1) is 10.6. The van der Waals surface area contributed by atoms with Crippen LogP contribution >= 0.6 is 0 Å². The standard InChI is InChI=1S/C11H11NO4/c1-12-6-11(12,10(15)16)8-4-2-7(3-5-8)9(13)14/h2-5H,6H2,1H3,(H,13,14)(H,15,16). The molecule has 0 amide bonds. The minimum Gasteiger partial charge on any atom is -0.480 e. The molecule has 1 saturated heterocycles. The summed E-state index contributed by atoms with van der Waals surface area (Å²) in [4.78, 5) is 23.5. The number of hydrogen-bond acceptors (Lipinski definition) is 3. The maximum absolute atomic E-state index is 11.2. The van der Waals surface area contributed by atoms with E-state index in [1.54, 1.807) is 24.1 Å². The van der Waals surface area contributed by atoms with Gasteiger partial charge in [-0.3, -0.25) is 4.90 Å². The molecule has 1 fully saturated rings. The number of rotatable bonds is 3. The van der Waals surface area contributed by atoms with E-state index in [0.717, 1.165) is 0 Å². The summed E-state index contributed by atoms with van der Waals surface area (Å²) in [6, 6.07) is 5.96. The Balaban J connectivity index is 2.35. The van der Waals surface area contributed by atoms with Crippen molar-refractivity contribution < 1.29 is 19.8 Å². The second-order valence-corrected chi connectivity index (χ2v) is 3.90. The lowest BCUT2D eigenvalue weighted by atomic mass is 9.98. The Hall–Kier alpha value is -1.88. The van der Waals surface area contributed by atoms with Crippen LogP contribution in [0.4, 0.5) is 0 Å². The molecule has 0 spiro atoms. The normalized spacial score (nSPS) is 27.4. The Bertz CT molecular complexity index is 454. The molecule has 1 aromatic carbocycles. The summed E-state index contributed by atoms with van der Waals surface area (Å²) in [5, 5.41) is 17.9. The molecule has 1 aromatic rings. The molecular formula is C11H11NO4. The van der Waals surface area contributed by atoms with Gasteiger partial charge in [0, 0.05) is 6.54 Å². The quantitative estimate of drug-likeness (QED) is 0.731. The van der Waals surface area contributed by atoms with Crippen LogP contribution in [0.1, 0.15) is 15.9 Å². The van der Waals surface area contributed by atoms with Crippen molar-refractivity contribution in [3.8, 4) is 0 Å². The van der Waals surface area contributed by atoms with Crippen molar-refractivity contribution in [2.24, 2.45) is 0 Å². The average molecular weight is 221 g/mol. The van der Waals surface area contributed by atoms with E-state index in [1.807, 2.05) is 0 Å². The number of aromatic carboxylic acids is 1. The van der Waals surface area contributed by atoms with E-state index >= 15 is 0 Å². The van der Waals surface area contributed by atoms with Crippen molar-refractivity contribution in [3.05, 3.63) is 35.4 Å². The van der Waals surface area contributed by atoms with Gasteiger partial charge in [-0.2, -0.15) is 0 Å². The molecule has 0 aromatic heterocycles. The number of hydrogen-bond donors (Lipinski definition) is 2. The molecule has 1 heterocycles. The largest absolute Gasteiger partial charge is 0.480 e. The zero-order chi connectivity index (χ0) is 11.9. The van der Waals surface area contributed by atoms with E-state index in [9.17, 15) is 9.59 Å². The lowest BCUT2D eigenvalue weighted by Crippen LogP contribution is -2.25. The number of nitrogens with zero attached hydrogens (tertiary/aromatic N) is 1. The summed E-state index contributed by atoms with van der Waals surface area (Å²) in [6.45, 7) is 0.453. The zero-order valence-corrected chi connectivity index (χ0v) is 8.67. The predicted molar refractivity (Wildman–Crippen MR) is 55.3 cm³/mol. The van der Waals surface area contributed by atoms with Crippen LogP contribution in [-0.2, 0) is 10.3 Å². The van der Waals surface area contributed by atoms with Gasteiger partial charge in [0.25, 0.3) is 0 Å². The summed E-state index contributed by atoms with van der Waals surface area (Å²) < 4.78 is 0. The van der Waals surface area contributed by atoms with Crippen molar-refractivity contribution in [1.82, 2.24) is 4.90 Å². The first-order valence-corrected chi connectivity index (χ1v) is 4.77. The minimum atomic E-state index is -1.01. The number of benzene rings is 1. The van der Waals surface area contributed by atoms with Crippen LogP contribution < -0.4 is 0 Å². The summed E-state index contributed by atoms with van der Waals surface area (Å²) in [6.07, 6.45) is 0. The second kappa shape index (κ2) is 3.31. The predicted octanol–water partition coefficient (Wildman–Crippen LogP) is 0.610. The molecule has 1 aliphatic rings. The molecule has 5 heteroatoms. The van der Waals surface area contributed by atoms with Gasteiger partial charge >= 0.3 is 11.9 Å². The van der Waals surface area contributed by atoms with Crippen molar-refractivity contribution in [1.29, 1.82) is 0 Å². The molecule has 2 N–H and O–H groups in total. The number of likely N-dealkylation sites (N-methyl/N-ethyl adjacent to an activating group) is 1. The lowest BCUT2D eigenvalue weighted by Gasteiger charge is -2.11. The molecule has 5 nitrogen and oxygen atoms in total. The van der Waals surface area contributed by atoms with E-state index in [4.69, 9.17) is 10.2 Å². The molecule has 2 atom stereocenters. The summed E-state index contributed by atoms with van der Waals surface area (Å²) in [5.41, 5.74) is -0.183. The van der Waals surface area contributed by atoms with Gasteiger partial charge in [-0.1, -0.05) is 12.1 Å². The van der Waals surface area contributed by atoms with Crippen LogP contribution in [-0.4, -0.2) is 40.6 Å². The maximum atomic E-state index is 11.2. The molecule has 0 radical (unpaired) electrons. The molecule has 2 unspecified atom stereocenters. The Kier molecular flexibility index (Phi) is 2.20. The highest BCUT2D eigenvalue weighted by Crippen LogP contribution is 2.41. The number of carboxylic acid groups (broad SMARTS) is 2. The SMILES string of the molecule is CN1CC1(C(=O)O)c1ccc(C(=O)O)cc1. The van der Waals surface area contributed by atoms with E-state index in [1.165, 1.54) is 12.1 Å². The molecule has 1 aliphatic heterocycles. The molecular weight excluding hydrogens is 210 g/mol. The average Bonchev–Trinajstić information content (AvgIpc) is 2.92. The van der Waals surface area contributed by atoms with E-state index in [2.05, 4.69) is 0 Å².